The van der Waals surface area contributed by atoms with Gasteiger partial charge in [0.05, 0.1) is 0 Å². The zero-order valence-electron chi connectivity index (χ0n) is 14.5. The highest BCUT2D eigenvalue weighted by molar-refractivity contribution is 5.82. The molecule has 0 aromatic carbocycles. The van der Waals surface area contributed by atoms with Gasteiger partial charge in [0, 0.05) is 36.6 Å². The van der Waals surface area contributed by atoms with Gasteiger partial charge in [0.2, 0.25) is 5.91 Å². The number of hydrogen-bond acceptors (Lipinski definition) is 3. The molecule has 4 heteroatoms. The Morgan fingerprint density at radius 2 is 1.29 bits per heavy atom. The third-order valence-corrected chi connectivity index (χ3v) is 8.84. The van der Waals surface area contributed by atoms with Crippen LogP contribution in [0, 0.1) is 35.5 Å². The first-order valence-corrected chi connectivity index (χ1v) is 10.6. The molecular formula is C20H31N3O. The van der Waals surface area contributed by atoms with Crippen LogP contribution in [0.25, 0.3) is 0 Å². The number of fused-ring (bicyclic) bond motifs is 10. The third kappa shape index (κ3) is 1.79. The van der Waals surface area contributed by atoms with Crippen molar-refractivity contribution >= 4 is 5.91 Å². The highest BCUT2D eigenvalue weighted by Crippen LogP contribution is 2.56. The van der Waals surface area contributed by atoms with Crippen molar-refractivity contribution in [1.29, 1.82) is 0 Å². The van der Waals surface area contributed by atoms with E-state index in [4.69, 9.17) is 0 Å². The molecule has 4 nitrogen and oxygen atoms in total. The van der Waals surface area contributed by atoms with Crippen LogP contribution in [0.15, 0.2) is 0 Å². The molecular weight excluding hydrogens is 298 g/mol. The van der Waals surface area contributed by atoms with Crippen LogP contribution in [0.5, 0.6) is 0 Å². The van der Waals surface area contributed by atoms with E-state index in [9.17, 15) is 4.79 Å². The summed E-state index contributed by atoms with van der Waals surface area (Å²) in [6.45, 7) is 0.955. The standard InChI is InChI=1S/C20H31N3O/c24-20-17-12(9-21-20)15-10-5-1-3-7-13(10)22-18(15)19-16(17)11-6-2-4-8-14(11)23-19/h10-19,22-23H,1-9H2,(H,21,24). The Labute approximate surface area is 144 Å². The molecule has 0 aromatic rings. The van der Waals surface area contributed by atoms with Crippen LogP contribution in [0.1, 0.15) is 51.4 Å². The van der Waals surface area contributed by atoms with Gasteiger partial charge < -0.3 is 16.0 Å². The minimum Gasteiger partial charge on any atom is -0.356 e. The first kappa shape index (κ1) is 14.5. The number of amides is 1. The second-order valence-electron chi connectivity index (χ2n) is 9.58. The minimum absolute atomic E-state index is 0.305. The van der Waals surface area contributed by atoms with E-state index in [1.54, 1.807) is 0 Å². The molecule has 3 saturated heterocycles. The Morgan fingerprint density at radius 1 is 0.708 bits per heavy atom. The number of rotatable bonds is 0. The molecule has 3 saturated carbocycles. The highest BCUT2D eigenvalue weighted by atomic mass is 16.2. The van der Waals surface area contributed by atoms with Gasteiger partial charge in [-0.3, -0.25) is 4.79 Å². The Balaban J connectivity index is 1.41. The average molecular weight is 329 g/mol. The van der Waals surface area contributed by atoms with Gasteiger partial charge in [-0.1, -0.05) is 25.7 Å². The number of carbonyl (C=O) groups excluding carboxylic acids is 1. The van der Waals surface area contributed by atoms with Crippen LogP contribution in [0.3, 0.4) is 0 Å². The van der Waals surface area contributed by atoms with Gasteiger partial charge in [0.25, 0.3) is 0 Å². The number of nitrogens with one attached hydrogen (secondary N) is 3. The lowest BCUT2D eigenvalue weighted by Gasteiger charge is -2.46. The van der Waals surface area contributed by atoms with Crippen LogP contribution in [-0.2, 0) is 4.79 Å². The summed E-state index contributed by atoms with van der Waals surface area (Å²) in [5.41, 5.74) is 0. The fourth-order valence-corrected chi connectivity index (χ4v) is 8.16. The van der Waals surface area contributed by atoms with Crippen LogP contribution in [-0.4, -0.2) is 36.6 Å². The maximum atomic E-state index is 12.8. The first-order valence-electron chi connectivity index (χ1n) is 10.6. The van der Waals surface area contributed by atoms with Gasteiger partial charge in [0.15, 0.2) is 0 Å². The van der Waals surface area contributed by atoms with Crippen molar-refractivity contribution in [3.05, 3.63) is 0 Å². The number of hydrogen-bond donors (Lipinski definition) is 3. The molecule has 3 aliphatic carbocycles. The zero-order chi connectivity index (χ0) is 15.8. The average Bonchev–Trinajstić information content (AvgIpc) is 3.27. The van der Waals surface area contributed by atoms with E-state index < -0.39 is 0 Å². The van der Waals surface area contributed by atoms with Gasteiger partial charge in [-0.2, -0.15) is 0 Å². The highest BCUT2D eigenvalue weighted by Gasteiger charge is 2.65. The zero-order valence-corrected chi connectivity index (χ0v) is 14.5. The minimum atomic E-state index is 0.305. The normalized spacial score (nSPS) is 58.2. The lowest BCUT2D eigenvalue weighted by Crippen LogP contribution is -2.58. The summed E-state index contributed by atoms with van der Waals surface area (Å²) >= 11 is 0. The molecule has 3 heterocycles. The van der Waals surface area contributed by atoms with Gasteiger partial charge >= 0.3 is 0 Å². The van der Waals surface area contributed by atoms with Crippen molar-refractivity contribution in [1.82, 2.24) is 16.0 Å². The molecule has 10 unspecified atom stereocenters. The van der Waals surface area contributed by atoms with Crippen molar-refractivity contribution in [2.24, 2.45) is 35.5 Å². The molecule has 6 aliphatic rings. The molecule has 0 aromatic heterocycles. The molecule has 132 valence electrons. The van der Waals surface area contributed by atoms with Gasteiger partial charge in [-0.25, -0.2) is 0 Å². The van der Waals surface area contributed by atoms with E-state index in [2.05, 4.69) is 16.0 Å². The molecule has 6 fully saturated rings. The van der Waals surface area contributed by atoms with E-state index in [1.807, 2.05) is 0 Å². The molecule has 3 aliphatic heterocycles. The van der Waals surface area contributed by atoms with Crippen LogP contribution in [0.2, 0.25) is 0 Å². The molecule has 1 amide bonds. The van der Waals surface area contributed by atoms with Crippen LogP contribution in [0.4, 0.5) is 0 Å². The Morgan fingerprint density at radius 3 is 2.00 bits per heavy atom. The van der Waals surface area contributed by atoms with Crippen molar-refractivity contribution in [2.45, 2.75) is 75.5 Å². The Hall–Kier alpha value is -0.610. The van der Waals surface area contributed by atoms with Crippen molar-refractivity contribution in [3.63, 3.8) is 0 Å². The summed E-state index contributed by atoms with van der Waals surface area (Å²) < 4.78 is 0. The Bertz CT molecular complexity index is 551. The van der Waals surface area contributed by atoms with Gasteiger partial charge in [-0.05, 0) is 55.3 Å². The quantitative estimate of drug-likeness (QED) is 0.633. The summed E-state index contributed by atoms with van der Waals surface area (Å²) in [4.78, 5) is 12.8. The maximum absolute atomic E-state index is 12.8. The predicted molar refractivity (Wildman–Crippen MR) is 92.3 cm³/mol. The van der Waals surface area contributed by atoms with E-state index >= 15 is 0 Å². The van der Waals surface area contributed by atoms with E-state index in [0.29, 0.717) is 41.8 Å². The SMILES string of the molecule is O=C1NCC2C1C1C3CCCCC3NC1C1NC3CCCCC3C21. The molecule has 0 spiro atoms. The largest absolute Gasteiger partial charge is 0.356 e. The predicted octanol–water partition coefficient (Wildman–Crippen LogP) is 1.66. The Kier molecular flexibility index (Phi) is 3.15. The topological polar surface area (TPSA) is 53.2 Å². The molecule has 0 bridgehead atoms. The fraction of sp³-hybridized carbons (Fsp3) is 0.950. The lowest BCUT2D eigenvalue weighted by atomic mass is 9.57. The van der Waals surface area contributed by atoms with Gasteiger partial charge in [0.1, 0.15) is 0 Å². The second kappa shape index (κ2) is 5.20. The molecule has 10 atom stereocenters. The first-order chi connectivity index (χ1) is 11.8. The van der Waals surface area contributed by atoms with Crippen LogP contribution >= 0.6 is 0 Å². The van der Waals surface area contributed by atoms with Crippen LogP contribution < -0.4 is 16.0 Å². The summed E-state index contributed by atoms with van der Waals surface area (Å²) in [6.07, 6.45) is 11.0. The second-order valence-corrected chi connectivity index (χ2v) is 9.58. The van der Waals surface area contributed by atoms with E-state index in [1.165, 1.54) is 51.4 Å². The molecule has 24 heavy (non-hydrogen) atoms. The van der Waals surface area contributed by atoms with Crippen molar-refractivity contribution in [3.8, 4) is 0 Å². The number of carbonyl (C=O) groups is 1. The summed E-state index contributed by atoms with van der Waals surface area (Å²) in [5.74, 6) is 4.21. The summed E-state index contributed by atoms with van der Waals surface area (Å²) in [6, 6.07) is 2.60. The lowest BCUT2D eigenvalue weighted by molar-refractivity contribution is -0.127. The third-order valence-electron chi connectivity index (χ3n) is 8.84. The van der Waals surface area contributed by atoms with Crippen molar-refractivity contribution in [2.75, 3.05) is 6.54 Å². The summed E-state index contributed by atoms with van der Waals surface area (Å²) in [5, 5.41) is 11.5. The molecule has 6 rings (SSSR count). The maximum Gasteiger partial charge on any atom is 0.223 e. The fourth-order valence-electron chi connectivity index (χ4n) is 8.16. The monoisotopic (exact) mass is 329 g/mol. The van der Waals surface area contributed by atoms with Crippen molar-refractivity contribution < 1.29 is 4.79 Å². The van der Waals surface area contributed by atoms with Gasteiger partial charge in [-0.15, -0.1) is 0 Å². The molecule has 0 radical (unpaired) electrons. The summed E-state index contributed by atoms with van der Waals surface area (Å²) in [7, 11) is 0. The van der Waals surface area contributed by atoms with E-state index in [0.717, 1.165) is 30.3 Å². The smallest absolute Gasteiger partial charge is 0.223 e. The van der Waals surface area contributed by atoms with E-state index in [-0.39, 0.29) is 0 Å². The molecule has 3 N–H and O–H groups in total.